The molecule has 0 aliphatic carbocycles. The largest absolute Gasteiger partial charge is 0.271 e. The molecule has 3 N–H and O–H groups in total. The summed E-state index contributed by atoms with van der Waals surface area (Å²) in [6.45, 7) is 2.01. The van der Waals surface area contributed by atoms with Crippen LogP contribution in [0.15, 0.2) is 22.7 Å². The lowest BCUT2D eigenvalue weighted by molar-refractivity contribution is 0.507. The van der Waals surface area contributed by atoms with Gasteiger partial charge in [-0.3, -0.25) is 11.3 Å². The van der Waals surface area contributed by atoms with Crippen molar-refractivity contribution in [2.24, 2.45) is 5.84 Å². The summed E-state index contributed by atoms with van der Waals surface area (Å²) in [6, 6.07) is 6.05. The van der Waals surface area contributed by atoms with Gasteiger partial charge in [0.25, 0.3) is 0 Å². The lowest BCUT2D eigenvalue weighted by atomic mass is 10.0. The van der Waals surface area contributed by atoms with Crippen molar-refractivity contribution in [3.8, 4) is 0 Å². The average Bonchev–Trinajstić information content (AvgIpc) is 2.21. The van der Waals surface area contributed by atoms with E-state index in [2.05, 4.69) is 27.4 Å². The number of sulfone groups is 1. The minimum atomic E-state index is -2.90. The smallest absolute Gasteiger partial charge is 0.147 e. The number of rotatable bonds is 6. The van der Waals surface area contributed by atoms with Crippen LogP contribution in [0, 0.1) is 6.92 Å². The van der Waals surface area contributed by atoms with Crippen molar-refractivity contribution in [1.82, 2.24) is 5.43 Å². The van der Waals surface area contributed by atoms with E-state index >= 15 is 0 Å². The molecule has 4 nitrogen and oxygen atoms in total. The maximum atomic E-state index is 11.1. The third-order valence-corrected chi connectivity index (χ3v) is 4.16. The van der Waals surface area contributed by atoms with E-state index in [-0.39, 0.29) is 11.8 Å². The van der Waals surface area contributed by atoms with Gasteiger partial charge in [-0.2, -0.15) is 0 Å². The lowest BCUT2D eigenvalue weighted by Gasteiger charge is -2.17. The molecule has 6 heteroatoms. The Hall–Kier alpha value is -0.430. The minimum Gasteiger partial charge on any atom is -0.271 e. The van der Waals surface area contributed by atoms with Gasteiger partial charge < -0.3 is 0 Å². The summed E-state index contributed by atoms with van der Waals surface area (Å²) in [5.74, 6) is 5.73. The summed E-state index contributed by atoms with van der Waals surface area (Å²) in [5.41, 5.74) is 4.95. The fourth-order valence-corrected chi connectivity index (χ4v) is 3.18. The summed E-state index contributed by atoms with van der Waals surface area (Å²) in [4.78, 5) is 0. The third-order valence-electron chi connectivity index (χ3n) is 2.68. The van der Waals surface area contributed by atoms with Gasteiger partial charge in [0, 0.05) is 22.5 Å². The first-order chi connectivity index (χ1) is 8.31. The van der Waals surface area contributed by atoms with Crippen molar-refractivity contribution in [2.75, 3.05) is 12.0 Å². The highest BCUT2D eigenvalue weighted by atomic mass is 79.9. The summed E-state index contributed by atoms with van der Waals surface area (Å²) in [5, 5.41) is 0. The second-order valence-corrected chi connectivity index (χ2v) is 7.73. The number of nitrogens with two attached hydrogens (primary N) is 1. The number of aryl methyl sites for hydroxylation is 1. The Balaban J connectivity index is 2.71. The highest BCUT2D eigenvalue weighted by Crippen LogP contribution is 2.23. The normalized spacial score (nSPS) is 13.6. The van der Waals surface area contributed by atoms with Crippen LogP contribution in [-0.4, -0.2) is 20.4 Å². The van der Waals surface area contributed by atoms with Crippen molar-refractivity contribution >= 4 is 25.8 Å². The Kier molecular flexibility index (Phi) is 5.78. The Morgan fingerprint density at radius 3 is 2.56 bits per heavy atom. The Labute approximate surface area is 117 Å². The van der Waals surface area contributed by atoms with E-state index < -0.39 is 9.84 Å². The van der Waals surface area contributed by atoms with Crippen molar-refractivity contribution in [2.45, 2.75) is 25.8 Å². The van der Waals surface area contributed by atoms with Gasteiger partial charge in [0.05, 0.1) is 0 Å². The zero-order valence-electron chi connectivity index (χ0n) is 10.6. The van der Waals surface area contributed by atoms with Crippen molar-refractivity contribution in [3.63, 3.8) is 0 Å². The summed E-state index contributed by atoms with van der Waals surface area (Å²) in [7, 11) is -2.90. The van der Waals surface area contributed by atoms with E-state index in [4.69, 9.17) is 5.84 Å². The Bertz CT molecular complexity index is 483. The highest BCUT2D eigenvalue weighted by Gasteiger charge is 2.12. The predicted octanol–water partition coefficient (Wildman–Crippen LogP) is 2.09. The van der Waals surface area contributed by atoms with Crippen LogP contribution in [0.5, 0.6) is 0 Å². The van der Waals surface area contributed by atoms with E-state index in [1.165, 1.54) is 6.26 Å². The van der Waals surface area contributed by atoms with E-state index in [9.17, 15) is 8.42 Å². The van der Waals surface area contributed by atoms with Crippen molar-refractivity contribution < 1.29 is 8.42 Å². The molecule has 1 rings (SSSR count). The molecule has 1 unspecified atom stereocenters. The first-order valence-corrected chi connectivity index (χ1v) is 8.58. The van der Waals surface area contributed by atoms with E-state index in [1.54, 1.807) is 0 Å². The number of hydrogen-bond acceptors (Lipinski definition) is 4. The zero-order chi connectivity index (χ0) is 13.8. The van der Waals surface area contributed by atoms with Crippen LogP contribution < -0.4 is 11.3 Å². The quantitative estimate of drug-likeness (QED) is 0.617. The Morgan fingerprint density at radius 1 is 1.39 bits per heavy atom. The average molecular weight is 335 g/mol. The van der Waals surface area contributed by atoms with Crippen LogP contribution in [0.1, 0.15) is 30.0 Å². The van der Waals surface area contributed by atoms with Crippen molar-refractivity contribution in [3.05, 3.63) is 33.8 Å². The molecule has 0 fully saturated rings. The number of hydrogen-bond donors (Lipinski definition) is 2. The van der Waals surface area contributed by atoms with Gasteiger partial charge >= 0.3 is 0 Å². The minimum absolute atomic E-state index is 0.0250. The number of benzene rings is 1. The molecule has 0 spiro atoms. The first kappa shape index (κ1) is 15.6. The van der Waals surface area contributed by atoms with Crippen LogP contribution in [0.4, 0.5) is 0 Å². The molecular formula is C12H19BrN2O2S. The van der Waals surface area contributed by atoms with Gasteiger partial charge in [-0.1, -0.05) is 22.0 Å². The molecular weight excluding hydrogens is 316 g/mol. The molecule has 1 atom stereocenters. The third kappa shape index (κ3) is 5.48. The van der Waals surface area contributed by atoms with Gasteiger partial charge in [0.2, 0.25) is 0 Å². The van der Waals surface area contributed by atoms with Crippen LogP contribution in [0.2, 0.25) is 0 Å². The number of nitrogens with one attached hydrogen (secondary N) is 1. The summed E-state index contributed by atoms with van der Waals surface area (Å²) in [6.07, 6.45) is 2.54. The monoisotopic (exact) mass is 334 g/mol. The van der Waals surface area contributed by atoms with Gasteiger partial charge in [-0.15, -0.1) is 0 Å². The molecule has 0 aliphatic heterocycles. The summed E-state index contributed by atoms with van der Waals surface area (Å²) >= 11 is 3.45. The molecule has 1 aromatic carbocycles. The van der Waals surface area contributed by atoms with Crippen molar-refractivity contribution in [1.29, 1.82) is 0 Å². The molecule has 0 aliphatic rings. The van der Waals surface area contributed by atoms with Crippen LogP contribution >= 0.6 is 15.9 Å². The molecule has 0 bridgehead atoms. The van der Waals surface area contributed by atoms with Gasteiger partial charge in [-0.05, 0) is 43.0 Å². The SMILES string of the molecule is Cc1cc(Br)cc(C(CCCS(C)(=O)=O)NN)c1. The molecule has 0 amide bonds. The maximum absolute atomic E-state index is 11.1. The van der Waals surface area contributed by atoms with Gasteiger partial charge in [-0.25, -0.2) is 8.42 Å². The molecule has 1 aromatic rings. The molecule has 18 heavy (non-hydrogen) atoms. The van der Waals surface area contributed by atoms with E-state index in [1.807, 2.05) is 19.1 Å². The standard InChI is InChI=1S/C12H19BrN2O2S/c1-9-6-10(8-11(13)7-9)12(15-14)4-3-5-18(2,16)17/h6-8,12,15H,3-5,14H2,1-2H3. The van der Waals surface area contributed by atoms with E-state index in [0.29, 0.717) is 12.8 Å². The molecule has 0 saturated heterocycles. The topological polar surface area (TPSA) is 72.2 Å². The number of hydrazine groups is 1. The van der Waals surface area contributed by atoms with Crippen LogP contribution in [0.25, 0.3) is 0 Å². The highest BCUT2D eigenvalue weighted by molar-refractivity contribution is 9.10. The fraction of sp³-hybridized carbons (Fsp3) is 0.500. The zero-order valence-corrected chi connectivity index (χ0v) is 13.0. The van der Waals surface area contributed by atoms with Crippen LogP contribution in [-0.2, 0) is 9.84 Å². The first-order valence-electron chi connectivity index (χ1n) is 5.73. The van der Waals surface area contributed by atoms with Crippen LogP contribution in [0.3, 0.4) is 0 Å². The summed E-state index contributed by atoms with van der Waals surface area (Å²) < 4.78 is 23.2. The molecule has 102 valence electrons. The molecule has 0 aromatic heterocycles. The molecule has 0 radical (unpaired) electrons. The van der Waals surface area contributed by atoms with Gasteiger partial charge in [0.15, 0.2) is 0 Å². The fourth-order valence-electron chi connectivity index (χ4n) is 1.86. The lowest BCUT2D eigenvalue weighted by Crippen LogP contribution is -2.28. The second kappa shape index (κ2) is 6.65. The maximum Gasteiger partial charge on any atom is 0.147 e. The number of halogens is 1. The molecule has 0 saturated carbocycles. The molecule has 0 heterocycles. The van der Waals surface area contributed by atoms with E-state index in [0.717, 1.165) is 15.6 Å². The van der Waals surface area contributed by atoms with Gasteiger partial charge in [0.1, 0.15) is 9.84 Å². The predicted molar refractivity (Wildman–Crippen MR) is 77.9 cm³/mol. The Morgan fingerprint density at radius 2 is 2.06 bits per heavy atom. The second-order valence-electron chi connectivity index (χ2n) is 4.55.